The van der Waals surface area contributed by atoms with Crippen molar-refractivity contribution in [1.82, 2.24) is 14.8 Å². The van der Waals surface area contributed by atoms with Gasteiger partial charge in [-0.05, 0) is 74.6 Å². The number of benzene rings is 1. The molecular weight excluding hydrogens is 385 g/mol. The summed E-state index contributed by atoms with van der Waals surface area (Å²) in [6.07, 6.45) is 4.15. The molecule has 1 N–H and O–H groups in total. The van der Waals surface area contributed by atoms with E-state index < -0.39 is 11.8 Å². The van der Waals surface area contributed by atoms with E-state index in [-0.39, 0.29) is 17.2 Å². The molecule has 29 heavy (non-hydrogen) atoms. The Morgan fingerprint density at radius 1 is 1.14 bits per heavy atom. The van der Waals surface area contributed by atoms with Crippen molar-refractivity contribution in [3.05, 3.63) is 36.9 Å². The molecular formula is C20H21F3N4O2. The summed E-state index contributed by atoms with van der Waals surface area (Å²) in [5, 5.41) is 7.32. The number of aromatic nitrogens is 3. The van der Waals surface area contributed by atoms with Crippen molar-refractivity contribution >= 4 is 11.6 Å². The van der Waals surface area contributed by atoms with E-state index in [1.165, 1.54) is 30.6 Å². The third-order valence-electron chi connectivity index (χ3n) is 6.76. The van der Waals surface area contributed by atoms with Gasteiger partial charge in [-0.25, -0.2) is 9.67 Å². The van der Waals surface area contributed by atoms with E-state index in [1.807, 2.05) is 4.68 Å². The summed E-state index contributed by atoms with van der Waals surface area (Å²) in [6.45, 7) is 0. The van der Waals surface area contributed by atoms with Crippen LogP contribution in [0.25, 0.3) is 0 Å². The first kappa shape index (κ1) is 18.4. The Bertz CT molecular complexity index is 897. The fourth-order valence-corrected chi connectivity index (χ4v) is 6.20. The molecule has 4 bridgehead atoms. The molecule has 2 aromatic rings. The second-order valence-electron chi connectivity index (χ2n) is 8.83. The Labute approximate surface area is 165 Å². The molecule has 1 aromatic heterocycles. The number of carbonyl (C=O) groups excluding carboxylic acids is 1. The van der Waals surface area contributed by atoms with E-state index in [2.05, 4.69) is 20.1 Å². The van der Waals surface area contributed by atoms with E-state index in [0.29, 0.717) is 17.5 Å². The fourth-order valence-electron chi connectivity index (χ4n) is 6.20. The number of ether oxygens (including phenoxy) is 1. The molecule has 4 fully saturated rings. The zero-order valence-corrected chi connectivity index (χ0v) is 15.7. The van der Waals surface area contributed by atoms with Gasteiger partial charge in [0.1, 0.15) is 18.4 Å². The first-order chi connectivity index (χ1) is 13.8. The number of rotatable bonds is 4. The number of carbonyl (C=O) groups is 1. The SMILES string of the molecule is O=C(Nc1ccc(OC(F)(F)F)cc1)C12C[C@H]3C[C@H](C1)CC(n1cncn1)(C3)C2. The third kappa shape index (κ3) is 3.26. The molecule has 4 aliphatic rings. The lowest BCUT2D eigenvalue weighted by molar-refractivity contribution is -0.274. The normalized spacial score (nSPS) is 32.9. The van der Waals surface area contributed by atoms with E-state index >= 15 is 0 Å². The van der Waals surface area contributed by atoms with Gasteiger partial charge in [0, 0.05) is 5.69 Å². The van der Waals surface area contributed by atoms with Crippen LogP contribution in [0.1, 0.15) is 38.5 Å². The molecule has 1 aromatic carbocycles. The zero-order chi connectivity index (χ0) is 20.3. The molecule has 0 saturated heterocycles. The van der Waals surface area contributed by atoms with Crippen LogP contribution in [0.3, 0.4) is 0 Å². The van der Waals surface area contributed by atoms with Crippen molar-refractivity contribution < 1.29 is 22.7 Å². The molecule has 0 aliphatic heterocycles. The van der Waals surface area contributed by atoms with Gasteiger partial charge in [0.25, 0.3) is 0 Å². The Balaban J connectivity index is 1.36. The Hall–Kier alpha value is -2.58. The molecule has 2 atom stereocenters. The zero-order valence-electron chi connectivity index (χ0n) is 15.7. The van der Waals surface area contributed by atoms with E-state index in [9.17, 15) is 18.0 Å². The molecule has 9 heteroatoms. The molecule has 0 unspecified atom stereocenters. The number of hydrogen-bond acceptors (Lipinski definition) is 4. The highest BCUT2D eigenvalue weighted by atomic mass is 19.4. The average Bonchev–Trinajstić information content (AvgIpc) is 3.17. The molecule has 4 saturated carbocycles. The summed E-state index contributed by atoms with van der Waals surface area (Å²) in [7, 11) is 0. The fraction of sp³-hybridized carbons (Fsp3) is 0.550. The van der Waals surface area contributed by atoms with Gasteiger partial charge in [-0.2, -0.15) is 5.10 Å². The van der Waals surface area contributed by atoms with Gasteiger partial charge in [0.15, 0.2) is 0 Å². The van der Waals surface area contributed by atoms with Crippen molar-refractivity contribution in [3.8, 4) is 5.75 Å². The summed E-state index contributed by atoms with van der Waals surface area (Å²) in [4.78, 5) is 17.4. The Kier molecular flexibility index (Phi) is 3.95. The first-order valence-corrected chi connectivity index (χ1v) is 9.78. The average molecular weight is 406 g/mol. The molecule has 0 spiro atoms. The quantitative estimate of drug-likeness (QED) is 0.830. The lowest BCUT2D eigenvalue weighted by atomic mass is 9.46. The van der Waals surface area contributed by atoms with Crippen LogP contribution in [-0.2, 0) is 10.3 Å². The van der Waals surface area contributed by atoms with Crippen LogP contribution in [-0.4, -0.2) is 27.0 Å². The minimum absolute atomic E-state index is 0.0550. The van der Waals surface area contributed by atoms with E-state index in [0.717, 1.165) is 38.5 Å². The maximum atomic E-state index is 13.3. The number of hydrogen-bond donors (Lipinski definition) is 1. The molecule has 154 valence electrons. The molecule has 6 rings (SSSR count). The van der Waals surface area contributed by atoms with Gasteiger partial charge in [-0.1, -0.05) is 0 Å². The highest BCUT2D eigenvalue weighted by Gasteiger charge is 2.61. The summed E-state index contributed by atoms with van der Waals surface area (Å²) in [6, 6.07) is 5.29. The van der Waals surface area contributed by atoms with Crippen molar-refractivity contribution in [1.29, 1.82) is 0 Å². The standard InChI is InChI=1S/C20H21F3N4O2/c21-20(22,23)29-16-3-1-15(2-4-16)26-17(28)18-6-13-5-14(7-18)9-19(8-13,10-18)27-12-24-11-25-27/h1-4,11-14H,5-10H2,(H,26,28)/t13-,14-,18?,19?/m1/s1. The number of alkyl halides is 3. The second kappa shape index (κ2) is 6.21. The van der Waals surface area contributed by atoms with Gasteiger partial charge in [-0.3, -0.25) is 4.79 Å². The maximum Gasteiger partial charge on any atom is 0.573 e. The predicted octanol–water partition coefficient (Wildman–Crippen LogP) is 4.11. The Morgan fingerprint density at radius 2 is 1.83 bits per heavy atom. The van der Waals surface area contributed by atoms with Crippen LogP contribution in [0.2, 0.25) is 0 Å². The second-order valence-corrected chi connectivity index (χ2v) is 8.83. The largest absolute Gasteiger partial charge is 0.573 e. The minimum atomic E-state index is -4.74. The minimum Gasteiger partial charge on any atom is -0.406 e. The van der Waals surface area contributed by atoms with Crippen molar-refractivity contribution in [3.63, 3.8) is 0 Å². The van der Waals surface area contributed by atoms with E-state index in [4.69, 9.17) is 0 Å². The highest BCUT2D eigenvalue weighted by Crippen LogP contribution is 2.64. The highest BCUT2D eigenvalue weighted by molar-refractivity contribution is 5.95. The summed E-state index contributed by atoms with van der Waals surface area (Å²) in [5.74, 6) is 0.596. The van der Waals surface area contributed by atoms with Crippen molar-refractivity contribution in [2.75, 3.05) is 5.32 Å². The van der Waals surface area contributed by atoms with Gasteiger partial charge in [-0.15, -0.1) is 13.2 Å². The maximum absolute atomic E-state index is 13.3. The molecule has 0 radical (unpaired) electrons. The Morgan fingerprint density at radius 3 is 2.41 bits per heavy atom. The predicted molar refractivity (Wildman–Crippen MR) is 96.9 cm³/mol. The van der Waals surface area contributed by atoms with Crippen molar-refractivity contribution in [2.45, 2.75) is 50.4 Å². The van der Waals surface area contributed by atoms with Crippen LogP contribution in [0.5, 0.6) is 5.75 Å². The first-order valence-electron chi connectivity index (χ1n) is 9.78. The van der Waals surface area contributed by atoms with Gasteiger partial charge in [0.2, 0.25) is 5.91 Å². The van der Waals surface area contributed by atoms with Gasteiger partial charge < -0.3 is 10.1 Å². The van der Waals surface area contributed by atoms with Crippen LogP contribution in [0.15, 0.2) is 36.9 Å². The van der Waals surface area contributed by atoms with Crippen LogP contribution in [0, 0.1) is 17.3 Å². The van der Waals surface area contributed by atoms with Crippen LogP contribution >= 0.6 is 0 Å². The number of nitrogens with one attached hydrogen (secondary N) is 1. The summed E-state index contributed by atoms with van der Waals surface area (Å²) < 4.78 is 42.8. The lowest BCUT2D eigenvalue weighted by Gasteiger charge is -2.60. The summed E-state index contributed by atoms with van der Waals surface area (Å²) in [5.41, 5.74) is -0.172. The summed E-state index contributed by atoms with van der Waals surface area (Å²) >= 11 is 0. The lowest BCUT2D eigenvalue weighted by Crippen LogP contribution is -2.60. The number of nitrogens with zero attached hydrogens (tertiary/aromatic N) is 3. The molecule has 4 aliphatic carbocycles. The van der Waals surface area contributed by atoms with Gasteiger partial charge in [0.05, 0.1) is 11.0 Å². The smallest absolute Gasteiger partial charge is 0.406 e. The number of anilines is 1. The monoisotopic (exact) mass is 406 g/mol. The molecule has 6 nitrogen and oxygen atoms in total. The van der Waals surface area contributed by atoms with Crippen LogP contribution in [0.4, 0.5) is 18.9 Å². The number of halogens is 3. The topological polar surface area (TPSA) is 69.0 Å². The van der Waals surface area contributed by atoms with Gasteiger partial charge >= 0.3 is 6.36 Å². The van der Waals surface area contributed by atoms with Crippen molar-refractivity contribution in [2.24, 2.45) is 17.3 Å². The third-order valence-corrected chi connectivity index (χ3v) is 6.76. The van der Waals surface area contributed by atoms with Crippen LogP contribution < -0.4 is 10.1 Å². The molecule has 1 amide bonds. The molecule has 1 heterocycles. The number of amides is 1. The van der Waals surface area contributed by atoms with E-state index in [1.54, 1.807) is 6.33 Å².